The Bertz CT molecular complexity index is 786. The first-order chi connectivity index (χ1) is 14.1. The van der Waals surface area contributed by atoms with E-state index in [0.29, 0.717) is 6.04 Å². The van der Waals surface area contributed by atoms with Crippen molar-refractivity contribution >= 4 is 57.9 Å². The van der Waals surface area contributed by atoms with Gasteiger partial charge in [0.15, 0.2) is 5.96 Å². The molecule has 0 spiro atoms. The molecule has 1 aromatic heterocycles. The van der Waals surface area contributed by atoms with E-state index in [1.54, 1.807) is 0 Å². The summed E-state index contributed by atoms with van der Waals surface area (Å²) < 4.78 is 0. The van der Waals surface area contributed by atoms with E-state index < -0.39 is 0 Å². The van der Waals surface area contributed by atoms with Crippen LogP contribution in [0.15, 0.2) is 46.8 Å². The van der Waals surface area contributed by atoms with Crippen LogP contribution < -0.4 is 20.9 Å². The van der Waals surface area contributed by atoms with Gasteiger partial charge < -0.3 is 20.9 Å². The summed E-state index contributed by atoms with van der Waals surface area (Å²) in [6.45, 7) is 7.35. The van der Waals surface area contributed by atoms with Crippen LogP contribution in [0.1, 0.15) is 32.3 Å². The third-order valence-corrected chi connectivity index (χ3v) is 5.87. The van der Waals surface area contributed by atoms with E-state index in [9.17, 15) is 4.79 Å². The van der Waals surface area contributed by atoms with Gasteiger partial charge in [-0.1, -0.05) is 12.1 Å². The van der Waals surface area contributed by atoms with Crippen LogP contribution in [0.4, 0.5) is 10.7 Å². The van der Waals surface area contributed by atoms with Gasteiger partial charge in [-0.05, 0) is 61.4 Å². The lowest BCUT2D eigenvalue weighted by atomic mass is 10.1. The predicted molar refractivity (Wildman–Crippen MR) is 139 cm³/mol. The van der Waals surface area contributed by atoms with Crippen molar-refractivity contribution in [2.45, 2.75) is 39.2 Å². The van der Waals surface area contributed by atoms with Crippen LogP contribution in [0.5, 0.6) is 0 Å². The number of carbonyl (C=O) groups is 1. The van der Waals surface area contributed by atoms with Crippen LogP contribution >= 0.6 is 35.3 Å². The van der Waals surface area contributed by atoms with E-state index in [1.807, 2.05) is 35.6 Å². The standard InChI is InChI=1S/C22H31N5OS.HI/c1-3-23-22(24-13-10-18-6-8-19(9-7-18)25-17(2)28)26-20-11-14-27(15-12-20)21-5-4-16-29-21;/h4-9,16,20H,3,10-15H2,1-2H3,(H,25,28)(H2,23,24,26);1H. The van der Waals surface area contributed by atoms with Crippen LogP contribution in [0.2, 0.25) is 0 Å². The lowest BCUT2D eigenvalue weighted by molar-refractivity contribution is -0.114. The summed E-state index contributed by atoms with van der Waals surface area (Å²) >= 11 is 1.81. The number of hydrogen-bond donors (Lipinski definition) is 3. The first-order valence-corrected chi connectivity index (χ1v) is 11.2. The average molecular weight is 542 g/mol. The largest absolute Gasteiger partial charge is 0.363 e. The molecule has 3 N–H and O–H groups in total. The lowest BCUT2D eigenvalue weighted by Gasteiger charge is -2.33. The Kier molecular flexibility index (Phi) is 10.4. The van der Waals surface area contributed by atoms with Gasteiger partial charge >= 0.3 is 0 Å². The summed E-state index contributed by atoms with van der Waals surface area (Å²) in [5.74, 6) is 0.849. The van der Waals surface area contributed by atoms with Crippen LogP contribution in [-0.4, -0.2) is 44.1 Å². The lowest BCUT2D eigenvalue weighted by Crippen LogP contribution is -2.48. The third-order valence-electron chi connectivity index (χ3n) is 4.94. The molecule has 2 heterocycles. The molecule has 3 rings (SSSR count). The van der Waals surface area contributed by atoms with E-state index in [-0.39, 0.29) is 29.9 Å². The van der Waals surface area contributed by atoms with Crippen molar-refractivity contribution in [3.8, 4) is 0 Å². The van der Waals surface area contributed by atoms with E-state index in [2.05, 4.69) is 45.3 Å². The van der Waals surface area contributed by atoms with Crippen molar-refractivity contribution in [3.63, 3.8) is 0 Å². The molecule has 6 nitrogen and oxygen atoms in total. The first-order valence-electron chi connectivity index (χ1n) is 10.3. The van der Waals surface area contributed by atoms with Gasteiger partial charge in [0.1, 0.15) is 0 Å². The monoisotopic (exact) mass is 541 g/mol. The number of nitrogens with zero attached hydrogens (tertiary/aromatic N) is 2. The molecule has 1 fully saturated rings. The molecule has 1 aromatic carbocycles. The van der Waals surface area contributed by atoms with Crippen LogP contribution in [0.25, 0.3) is 0 Å². The molecule has 0 atom stereocenters. The van der Waals surface area contributed by atoms with Gasteiger partial charge in [-0.2, -0.15) is 0 Å². The fraction of sp³-hybridized carbons (Fsp3) is 0.455. The molecule has 1 aliphatic heterocycles. The molecular formula is C22H32IN5OS. The molecule has 2 aromatic rings. The third kappa shape index (κ3) is 7.79. The Balaban J connectivity index is 0.00000320. The zero-order valence-electron chi connectivity index (χ0n) is 17.7. The Morgan fingerprint density at radius 3 is 2.53 bits per heavy atom. The molecule has 0 unspecified atom stereocenters. The van der Waals surface area contributed by atoms with Crippen molar-refractivity contribution in [1.82, 2.24) is 10.6 Å². The van der Waals surface area contributed by atoms with Gasteiger partial charge in [0.05, 0.1) is 5.00 Å². The molecular weight excluding hydrogens is 509 g/mol. The average Bonchev–Trinajstić information content (AvgIpc) is 3.24. The first kappa shape index (κ1) is 24.5. The van der Waals surface area contributed by atoms with Crippen molar-refractivity contribution < 1.29 is 4.79 Å². The van der Waals surface area contributed by atoms with Crippen molar-refractivity contribution in [2.24, 2.45) is 4.99 Å². The van der Waals surface area contributed by atoms with Gasteiger partial charge in [-0.25, -0.2) is 0 Å². The fourth-order valence-corrected chi connectivity index (χ4v) is 4.25. The fourth-order valence-electron chi connectivity index (χ4n) is 3.46. The molecule has 0 saturated carbocycles. The molecule has 164 valence electrons. The van der Waals surface area contributed by atoms with Gasteiger partial charge in [0, 0.05) is 44.8 Å². The van der Waals surface area contributed by atoms with Crippen LogP contribution in [0.3, 0.4) is 0 Å². The number of anilines is 2. The van der Waals surface area contributed by atoms with Crippen molar-refractivity contribution in [1.29, 1.82) is 0 Å². The summed E-state index contributed by atoms with van der Waals surface area (Å²) in [5.41, 5.74) is 2.04. The quantitative estimate of drug-likeness (QED) is 0.281. The molecule has 0 aliphatic carbocycles. The molecule has 1 saturated heterocycles. The number of hydrogen-bond acceptors (Lipinski definition) is 4. The smallest absolute Gasteiger partial charge is 0.221 e. The molecule has 1 amide bonds. The molecule has 8 heteroatoms. The maximum Gasteiger partial charge on any atom is 0.221 e. The topological polar surface area (TPSA) is 68.8 Å². The van der Waals surface area contributed by atoms with E-state index >= 15 is 0 Å². The van der Waals surface area contributed by atoms with Gasteiger partial charge in [0.2, 0.25) is 5.91 Å². The Morgan fingerprint density at radius 1 is 1.20 bits per heavy atom. The second-order valence-corrected chi connectivity index (χ2v) is 8.17. The molecule has 0 radical (unpaired) electrons. The molecule has 30 heavy (non-hydrogen) atoms. The maximum absolute atomic E-state index is 11.1. The highest BCUT2D eigenvalue weighted by Gasteiger charge is 2.20. The number of aliphatic imine (C=N–C) groups is 1. The minimum atomic E-state index is -0.0510. The predicted octanol–water partition coefficient (Wildman–Crippen LogP) is 4.09. The minimum absolute atomic E-state index is 0. The number of nitrogens with one attached hydrogen (secondary N) is 3. The van der Waals surface area contributed by atoms with E-state index in [0.717, 1.165) is 57.1 Å². The minimum Gasteiger partial charge on any atom is -0.363 e. The number of thiophene rings is 1. The van der Waals surface area contributed by atoms with Gasteiger partial charge in [0.25, 0.3) is 0 Å². The van der Waals surface area contributed by atoms with Crippen LogP contribution in [-0.2, 0) is 11.2 Å². The summed E-state index contributed by atoms with van der Waals surface area (Å²) in [7, 11) is 0. The van der Waals surface area contributed by atoms with E-state index in [1.165, 1.54) is 17.5 Å². The zero-order valence-corrected chi connectivity index (χ0v) is 20.8. The van der Waals surface area contributed by atoms with Crippen molar-refractivity contribution in [3.05, 3.63) is 47.3 Å². The maximum atomic E-state index is 11.1. The van der Waals surface area contributed by atoms with Gasteiger partial charge in [-0.3, -0.25) is 9.79 Å². The van der Waals surface area contributed by atoms with Crippen LogP contribution in [0, 0.1) is 0 Å². The highest BCUT2D eigenvalue weighted by molar-refractivity contribution is 14.0. The van der Waals surface area contributed by atoms with Gasteiger partial charge in [-0.15, -0.1) is 35.3 Å². The summed E-state index contributed by atoms with van der Waals surface area (Å²) in [5, 5.41) is 13.3. The number of carbonyl (C=O) groups excluding carboxylic acids is 1. The van der Waals surface area contributed by atoms with E-state index in [4.69, 9.17) is 4.99 Å². The number of guanidine groups is 1. The second-order valence-electron chi connectivity index (χ2n) is 7.25. The molecule has 1 aliphatic rings. The number of rotatable bonds is 7. The Morgan fingerprint density at radius 2 is 1.93 bits per heavy atom. The normalized spacial score (nSPS) is 14.7. The summed E-state index contributed by atoms with van der Waals surface area (Å²) in [6, 6.07) is 12.7. The number of benzene rings is 1. The Hall–Kier alpha value is -1.81. The SMILES string of the molecule is CCNC(=NCCc1ccc(NC(C)=O)cc1)NC1CCN(c2cccs2)CC1.I. The number of piperidine rings is 1. The Labute approximate surface area is 200 Å². The summed E-state index contributed by atoms with van der Waals surface area (Å²) in [4.78, 5) is 18.3. The second kappa shape index (κ2) is 12.8. The highest BCUT2D eigenvalue weighted by atomic mass is 127. The number of halogens is 1. The highest BCUT2D eigenvalue weighted by Crippen LogP contribution is 2.24. The zero-order chi connectivity index (χ0) is 20.5. The summed E-state index contributed by atoms with van der Waals surface area (Å²) in [6.07, 6.45) is 3.10. The van der Waals surface area contributed by atoms with Crippen molar-refractivity contribution in [2.75, 3.05) is 36.4 Å². The number of amides is 1. The molecule has 0 bridgehead atoms.